The van der Waals surface area contributed by atoms with Crippen molar-refractivity contribution in [3.63, 3.8) is 0 Å². The lowest BCUT2D eigenvalue weighted by atomic mass is 10.0. The number of thioether (sulfide) groups is 1. The zero-order chi connectivity index (χ0) is 21.0. The second-order valence-electron chi connectivity index (χ2n) is 7.50. The molecule has 2 heterocycles. The van der Waals surface area contributed by atoms with E-state index in [0.29, 0.717) is 17.8 Å². The summed E-state index contributed by atoms with van der Waals surface area (Å²) < 4.78 is 1.57. The van der Waals surface area contributed by atoms with Crippen LogP contribution in [-0.2, 0) is 10.5 Å². The highest BCUT2D eigenvalue weighted by atomic mass is 32.2. The predicted molar refractivity (Wildman–Crippen MR) is 121 cm³/mol. The molecule has 29 heavy (non-hydrogen) atoms. The molecule has 0 radical (unpaired) electrons. The van der Waals surface area contributed by atoms with E-state index in [4.69, 9.17) is 0 Å². The van der Waals surface area contributed by atoms with Crippen LogP contribution in [0.25, 0.3) is 5.65 Å². The fourth-order valence-corrected chi connectivity index (χ4v) is 4.27. The van der Waals surface area contributed by atoms with Gasteiger partial charge >= 0.3 is 0 Å². The number of nitrogens with zero attached hydrogens (tertiary/aromatic N) is 2. The Kier molecular flexibility index (Phi) is 6.75. The number of fused-ring (bicyclic) bond motifs is 1. The van der Waals surface area contributed by atoms with Gasteiger partial charge in [0.25, 0.3) is 5.56 Å². The molecule has 0 saturated heterocycles. The third kappa shape index (κ3) is 5.48. The minimum Gasteiger partial charge on any atom is -0.326 e. The number of aryl methyl sites for hydroxylation is 4. The average molecular weight is 410 g/mol. The molecule has 0 spiro atoms. The molecular formula is C23H27N3O2S. The van der Waals surface area contributed by atoms with Gasteiger partial charge in [-0.2, -0.15) is 11.8 Å². The van der Waals surface area contributed by atoms with E-state index in [2.05, 4.69) is 29.4 Å². The van der Waals surface area contributed by atoms with E-state index in [9.17, 15) is 9.59 Å². The van der Waals surface area contributed by atoms with Gasteiger partial charge in [0.1, 0.15) is 5.65 Å². The van der Waals surface area contributed by atoms with Crippen LogP contribution in [0.2, 0.25) is 0 Å². The normalized spacial score (nSPS) is 11.0. The number of benzene rings is 1. The number of aromatic nitrogens is 2. The lowest BCUT2D eigenvalue weighted by Gasteiger charge is -2.12. The first-order valence-corrected chi connectivity index (χ1v) is 10.9. The first-order valence-electron chi connectivity index (χ1n) is 9.78. The van der Waals surface area contributed by atoms with Crippen LogP contribution in [0, 0.1) is 27.7 Å². The van der Waals surface area contributed by atoms with Crippen molar-refractivity contribution in [2.75, 3.05) is 11.1 Å². The highest BCUT2D eigenvalue weighted by Gasteiger charge is 2.08. The molecule has 0 bridgehead atoms. The van der Waals surface area contributed by atoms with Crippen LogP contribution in [0.3, 0.4) is 0 Å². The fourth-order valence-electron chi connectivity index (χ4n) is 3.42. The lowest BCUT2D eigenvalue weighted by molar-refractivity contribution is -0.116. The van der Waals surface area contributed by atoms with Crippen molar-refractivity contribution in [2.45, 2.75) is 46.3 Å². The van der Waals surface area contributed by atoms with Crippen molar-refractivity contribution >= 4 is 29.0 Å². The second kappa shape index (κ2) is 9.27. The Balaban J connectivity index is 1.48. The number of hydrogen-bond acceptors (Lipinski definition) is 4. The largest absolute Gasteiger partial charge is 0.326 e. The van der Waals surface area contributed by atoms with Crippen LogP contribution in [-0.4, -0.2) is 21.0 Å². The number of rotatable bonds is 7. The summed E-state index contributed by atoms with van der Waals surface area (Å²) in [7, 11) is 0. The maximum absolute atomic E-state index is 12.3. The Bertz CT molecular complexity index is 1080. The van der Waals surface area contributed by atoms with E-state index in [1.165, 1.54) is 5.56 Å². The molecule has 5 nitrogen and oxygen atoms in total. The van der Waals surface area contributed by atoms with E-state index in [1.54, 1.807) is 28.4 Å². The first kappa shape index (κ1) is 21.1. The van der Waals surface area contributed by atoms with Crippen LogP contribution < -0.4 is 10.9 Å². The van der Waals surface area contributed by atoms with Gasteiger partial charge in [0.2, 0.25) is 5.91 Å². The topological polar surface area (TPSA) is 63.5 Å². The van der Waals surface area contributed by atoms with E-state index >= 15 is 0 Å². The highest BCUT2D eigenvalue weighted by Crippen LogP contribution is 2.22. The molecule has 0 aliphatic heterocycles. The van der Waals surface area contributed by atoms with Crippen LogP contribution in [0.1, 0.15) is 40.8 Å². The van der Waals surface area contributed by atoms with Crippen molar-refractivity contribution in [3.8, 4) is 0 Å². The summed E-state index contributed by atoms with van der Waals surface area (Å²) in [5.74, 6) is 1.55. The number of hydrogen-bond donors (Lipinski definition) is 1. The third-order valence-electron chi connectivity index (χ3n) is 4.74. The second-order valence-corrected chi connectivity index (χ2v) is 8.60. The summed E-state index contributed by atoms with van der Waals surface area (Å²) in [6, 6.07) is 9.58. The van der Waals surface area contributed by atoms with E-state index < -0.39 is 0 Å². The van der Waals surface area contributed by atoms with E-state index in [1.807, 2.05) is 32.9 Å². The highest BCUT2D eigenvalue weighted by molar-refractivity contribution is 7.98. The third-order valence-corrected chi connectivity index (χ3v) is 5.82. The van der Waals surface area contributed by atoms with Crippen molar-refractivity contribution in [2.24, 2.45) is 0 Å². The summed E-state index contributed by atoms with van der Waals surface area (Å²) in [5.41, 5.74) is 6.72. The van der Waals surface area contributed by atoms with Gasteiger partial charge in [-0.05, 0) is 62.6 Å². The fraction of sp³-hybridized carbons (Fsp3) is 0.348. The monoisotopic (exact) mass is 409 g/mol. The molecule has 0 fully saturated rings. The van der Waals surface area contributed by atoms with Gasteiger partial charge in [0, 0.05) is 30.1 Å². The van der Waals surface area contributed by atoms with Gasteiger partial charge < -0.3 is 5.32 Å². The number of pyridine rings is 1. The average Bonchev–Trinajstić information content (AvgIpc) is 2.65. The molecule has 1 aromatic carbocycles. The van der Waals surface area contributed by atoms with Gasteiger partial charge in [0.15, 0.2) is 0 Å². The Labute approximate surface area is 175 Å². The summed E-state index contributed by atoms with van der Waals surface area (Å²) in [5, 5.41) is 3.04. The lowest BCUT2D eigenvalue weighted by Crippen LogP contribution is -2.15. The summed E-state index contributed by atoms with van der Waals surface area (Å²) in [6.07, 6.45) is 3.07. The van der Waals surface area contributed by atoms with Crippen molar-refractivity contribution < 1.29 is 4.79 Å². The van der Waals surface area contributed by atoms with Crippen LogP contribution in [0.15, 0.2) is 41.3 Å². The molecule has 152 valence electrons. The quantitative estimate of drug-likeness (QED) is 0.580. The van der Waals surface area contributed by atoms with Crippen molar-refractivity contribution in [3.05, 3.63) is 74.8 Å². The number of nitrogens with one attached hydrogen (secondary N) is 1. The SMILES string of the molecule is Cc1cc(C)c(NC(=O)CCCSCc2cc(=O)n3cc(C)ccc3n2)c(C)c1. The van der Waals surface area contributed by atoms with Gasteiger partial charge in [-0.15, -0.1) is 0 Å². The smallest absolute Gasteiger partial charge is 0.258 e. The zero-order valence-corrected chi connectivity index (χ0v) is 18.2. The molecule has 0 unspecified atom stereocenters. The Morgan fingerprint density at radius 1 is 1.07 bits per heavy atom. The zero-order valence-electron chi connectivity index (χ0n) is 17.4. The minimum absolute atomic E-state index is 0.0399. The van der Waals surface area contributed by atoms with Crippen molar-refractivity contribution in [1.82, 2.24) is 9.38 Å². The predicted octanol–water partition coefficient (Wildman–Crippen LogP) is 4.58. The van der Waals surface area contributed by atoms with Gasteiger partial charge in [-0.1, -0.05) is 23.8 Å². The number of carbonyl (C=O) groups excluding carboxylic acids is 1. The molecular weight excluding hydrogens is 382 g/mol. The summed E-state index contributed by atoms with van der Waals surface area (Å²) in [6.45, 7) is 8.05. The Morgan fingerprint density at radius 3 is 2.52 bits per heavy atom. The van der Waals surface area contributed by atoms with E-state index in [-0.39, 0.29) is 11.5 Å². The molecule has 6 heteroatoms. The summed E-state index contributed by atoms with van der Waals surface area (Å²) in [4.78, 5) is 29.1. The molecule has 2 aromatic heterocycles. The summed E-state index contributed by atoms with van der Waals surface area (Å²) >= 11 is 1.69. The molecule has 0 atom stereocenters. The standard InChI is InChI=1S/C23H27N3O2S/c1-15-7-8-20-24-19(12-22(28)26(20)13-15)14-29-9-5-6-21(27)25-23-17(3)10-16(2)11-18(23)4/h7-8,10-13H,5-6,9,14H2,1-4H3,(H,25,27). The van der Waals surface area contributed by atoms with Crippen molar-refractivity contribution in [1.29, 1.82) is 0 Å². The van der Waals surface area contributed by atoms with Crippen LogP contribution in [0.4, 0.5) is 5.69 Å². The minimum atomic E-state index is -0.0579. The molecule has 0 aliphatic carbocycles. The molecule has 3 rings (SSSR count). The van der Waals surface area contributed by atoms with Crippen LogP contribution in [0.5, 0.6) is 0 Å². The first-order chi connectivity index (χ1) is 13.8. The molecule has 0 saturated carbocycles. The van der Waals surface area contributed by atoms with Crippen LogP contribution >= 0.6 is 11.8 Å². The maximum Gasteiger partial charge on any atom is 0.258 e. The Morgan fingerprint density at radius 2 is 1.79 bits per heavy atom. The van der Waals surface area contributed by atoms with Gasteiger partial charge in [-0.3, -0.25) is 14.0 Å². The van der Waals surface area contributed by atoms with Gasteiger partial charge in [-0.25, -0.2) is 4.98 Å². The van der Waals surface area contributed by atoms with Gasteiger partial charge in [0.05, 0.1) is 5.69 Å². The maximum atomic E-state index is 12.3. The van der Waals surface area contributed by atoms with E-state index in [0.717, 1.165) is 40.2 Å². The number of carbonyl (C=O) groups is 1. The number of anilines is 1. The Hall–Kier alpha value is -2.60. The number of amides is 1. The molecule has 3 aromatic rings. The molecule has 1 amide bonds. The molecule has 0 aliphatic rings. The molecule has 1 N–H and O–H groups in total.